The lowest BCUT2D eigenvalue weighted by molar-refractivity contribution is -0.154. The maximum absolute atomic E-state index is 13.1. The van der Waals surface area contributed by atoms with Crippen LogP contribution in [0.25, 0.3) is 0 Å². The predicted molar refractivity (Wildman–Crippen MR) is 64.9 cm³/mol. The Morgan fingerprint density at radius 2 is 2.00 bits per heavy atom. The van der Waals surface area contributed by atoms with Crippen LogP contribution < -0.4 is 5.73 Å². The van der Waals surface area contributed by atoms with Gasteiger partial charge in [-0.2, -0.15) is 17.5 Å². The fraction of sp³-hybridized carbons (Fsp3) is 0.455. The van der Waals surface area contributed by atoms with Crippen LogP contribution in [0.4, 0.5) is 18.9 Å². The number of rotatable bonds is 1. The van der Waals surface area contributed by atoms with Crippen LogP contribution in [-0.2, 0) is 16.6 Å². The summed E-state index contributed by atoms with van der Waals surface area (Å²) in [6.45, 7) is -0.716. The van der Waals surface area contributed by atoms with Gasteiger partial charge in [0, 0.05) is 18.8 Å². The van der Waals surface area contributed by atoms with Crippen molar-refractivity contribution in [2.45, 2.75) is 18.6 Å². The average molecular weight is 294 g/mol. The fourth-order valence-electron chi connectivity index (χ4n) is 2.21. The summed E-state index contributed by atoms with van der Waals surface area (Å²) in [5.74, 6) is -1.84. The largest absolute Gasteiger partial charge is 0.398 e. The summed E-state index contributed by atoms with van der Waals surface area (Å²) >= 11 is 0. The molecule has 8 heteroatoms. The molecule has 0 amide bonds. The number of nitrogens with zero attached hydrogens (tertiary/aromatic N) is 1. The van der Waals surface area contributed by atoms with Gasteiger partial charge in [-0.05, 0) is 17.2 Å². The third-order valence-corrected chi connectivity index (χ3v) is 4.42. The van der Waals surface area contributed by atoms with Crippen LogP contribution in [0.15, 0.2) is 18.2 Å². The number of fused-ring (bicyclic) bond motifs is 1. The van der Waals surface area contributed by atoms with E-state index < -0.39 is 28.7 Å². The van der Waals surface area contributed by atoms with E-state index in [-0.39, 0.29) is 23.4 Å². The minimum atomic E-state index is -4.51. The molecule has 1 unspecified atom stereocenters. The number of halogens is 3. The van der Waals surface area contributed by atoms with E-state index in [0.29, 0.717) is 0 Å². The third kappa shape index (κ3) is 2.69. The molecule has 0 saturated carbocycles. The lowest BCUT2D eigenvalue weighted by Gasteiger charge is -2.34. The van der Waals surface area contributed by atoms with Gasteiger partial charge in [-0.3, -0.25) is 0 Å². The second-order valence-electron chi connectivity index (χ2n) is 4.56. The number of anilines is 1. The molecule has 0 bridgehead atoms. The van der Waals surface area contributed by atoms with Gasteiger partial charge in [0.15, 0.2) is 0 Å². The lowest BCUT2D eigenvalue weighted by atomic mass is 9.89. The maximum Gasteiger partial charge on any atom is 0.397 e. The van der Waals surface area contributed by atoms with Gasteiger partial charge < -0.3 is 5.73 Å². The molecule has 0 radical (unpaired) electrons. The number of hydrogen-bond donors (Lipinski definition) is 1. The highest BCUT2D eigenvalue weighted by Gasteiger charge is 2.46. The zero-order valence-electron chi connectivity index (χ0n) is 10.1. The van der Waals surface area contributed by atoms with Crippen LogP contribution in [0.1, 0.15) is 17.0 Å². The molecule has 0 saturated heterocycles. The quantitative estimate of drug-likeness (QED) is 0.802. The van der Waals surface area contributed by atoms with E-state index in [4.69, 9.17) is 5.73 Å². The monoisotopic (exact) mass is 294 g/mol. The molecule has 1 aromatic rings. The molecule has 0 spiro atoms. The zero-order chi connectivity index (χ0) is 14.4. The van der Waals surface area contributed by atoms with Gasteiger partial charge >= 0.3 is 6.18 Å². The van der Waals surface area contributed by atoms with E-state index in [1.54, 1.807) is 0 Å². The average Bonchev–Trinajstić information content (AvgIpc) is 2.25. The first-order valence-corrected chi connectivity index (χ1v) is 7.34. The molecule has 1 heterocycles. The molecular weight excluding hydrogens is 281 g/mol. The summed E-state index contributed by atoms with van der Waals surface area (Å²) in [5.41, 5.74) is 6.14. The van der Waals surface area contributed by atoms with Crippen LogP contribution in [0.3, 0.4) is 0 Å². The minimum Gasteiger partial charge on any atom is -0.398 e. The van der Waals surface area contributed by atoms with Crippen molar-refractivity contribution in [3.63, 3.8) is 0 Å². The van der Waals surface area contributed by atoms with Crippen molar-refractivity contribution < 1.29 is 21.6 Å². The van der Waals surface area contributed by atoms with Crippen molar-refractivity contribution in [3.05, 3.63) is 29.3 Å². The Hall–Kier alpha value is -1.28. The number of alkyl halides is 3. The van der Waals surface area contributed by atoms with Crippen molar-refractivity contribution in [2.24, 2.45) is 0 Å². The molecule has 0 aromatic heterocycles. The minimum absolute atomic E-state index is 0.0624. The number of sulfonamides is 1. The standard InChI is InChI=1S/C11H13F3N2O2S/c1-19(17,18)16-5-8-7(3-2-4-10(8)15)9(6-16)11(12,13)14/h2-4,9H,5-6,15H2,1H3. The van der Waals surface area contributed by atoms with E-state index in [1.165, 1.54) is 18.2 Å². The van der Waals surface area contributed by atoms with E-state index in [1.807, 2.05) is 0 Å². The Labute approximate surface area is 109 Å². The molecule has 19 heavy (non-hydrogen) atoms. The molecular formula is C11H13F3N2O2S. The highest BCUT2D eigenvalue weighted by molar-refractivity contribution is 7.88. The molecule has 2 rings (SSSR count). The SMILES string of the molecule is CS(=O)(=O)N1Cc2c(N)cccc2C(C(F)(F)F)C1. The molecule has 1 atom stereocenters. The van der Waals surface area contributed by atoms with Gasteiger partial charge in [0.05, 0.1) is 12.2 Å². The lowest BCUT2D eigenvalue weighted by Crippen LogP contribution is -2.42. The van der Waals surface area contributed by atoms with Crippen molar-refractivity contribution >= 4 is 15.7 Å². The first-order chi connectivity index (χ1) is 8.60. The molecule has 1 aliphatic rings. The fourth-order valence-corrected chi connectivity index (χ4v) is 2.99. The maximum atomic E-state index is 13.1. The van der Waals surface area contributed by atoms with Gasteiger partial charge in [0.2, 0.25) is 10.0 Å². The first-order valence-electron chi connectivity index (χ1n) is 5.50. The second kappa shape index (κ2) is 4.38. The molecule has 4 nitrogen and oxygen atoms in total. The zero-order valence-corrected chi connectivity index (χ0v) is 10.9. The van der Waals surface area contributed by atoms with Crippen molar-refractivity contribution in [1.82, 2.24) is 4.31 Å². The molecule has 106 valence electrons. The Balaban J connectivity index is 2.56. The Kier molecular flexibility index (Phi) is 3.26. The van der Waals surface area contributed by atoms with Crippen molar-refractivity contribution in [2.75, 3.05) is 18.5 Å². The smallest absolute Gasteiger partial charge is 0.397 e. The first kappa shape index (κ1) is 14.1. The van der Waals surface area contributed by atoms with E-state index >= 15 is 0 Å². The summed E-state index contributed by atoms with van der Waals surface area (Å²) < 4.78 is 63.0. The van der Waals surface area contributed by atoms with Gasteiger partial charge in [0.1, 0.15) is 0 Å². The molecule has 0 aliphatic carbocycles. The van der Waals surface area contributed by atoms with Crippen LogP contribution in [0.5, 0.6) is 0 Å². The van der Waals surface area contributed by atoms with Crippen molar-refractivity contribution in [3.8, 4) is 0 Å². The van der Waals surface area contributed by atoms with Crippen LogP contribution in [0.2, 0.25) is 0 Å². The number of benzene rings is 1. The summed E-state index contributed by atoms with van der Waals surface area (Å²) in [6.07, 6.45) is -3.61. The summed E-state index contributed by atoms with van der Waals surface area (Å²) in [6, 6.07) is 4.27. The third-order valence-electron chi connectivity index (χ3n) is 3.21. The summed E-state index contributed by atoms with van der Waals surface area (Å²) in [4.78, 5) is 0. The summed E-state index contributed by atoms with van der Waals surface area (Å²) in [7, 11) is -3.70. The number of nitrogens with two attached hydrogens (primary N) is 1. The Bertz CT molecular complexity index is 598. The predicted octanol–water partition coefficient (Wildman–Crippen LogP) is 1.69. The Morgan fingerprint density at radius 1 is 1.37 bits per heavy atom. The highest BCUT2D eigenvalue weighted by atomic mass is 32.2. The van der Waals surface area contributed by atoms with E-state index in [2.05, 4.69) is 0 Å². The van der Waals surface area contributed by atoms with Gasteiger partial charge in [-0.15, -0.1) is 0 Å². The van der Waals surface area contributed by atoms with Gasteiger partial charge in [-0.1, -0.05) is 12.1 Å². The highest BCUT2D eigenvalue weighted by Crippen LogP contribution is 2.42. The van der Waals surface area contributed by atoms with Gasteiger partial charge in [-0.25, -0.2) is 8.42 Å². The molecule has 1 aromatic carbocycles. The van der Waals surface area contributed by atoms with Crippen LogP contribution in [0, 0.1) is 0 Å². The van der Waals surface area contributed by atoms with Crippen LogP contribution >= 0.6 is 0 Å². The van der Waals surface area contributed by atoms with E-state index in [9.17, 15) is 21.6 Å². The van der Waals surface area contributed by atoms with Crippen LogP contribution in [-0.4, -0.2) is 31.7 Å². The normalized spacial score (nSPS) is 21.2. The number of nitrogen functional groups attached to an aromatic ring is 1. The number of hydrogen-bond acceptors (Lipinski definition) is 3. The van der Waals surface area contributed by atoms with Crippen molar-refractivity contribution in [1.29, 1.82) is 0 Å². The Morgan fingerprint density at radius 3 is 2.53 bits per heavy atom. The molecule has 2 N–H and O–H groups in total. The molecule has 1 aliphatic heterocycles. The van der Waals surface area contributed by atoms with Gasteiger partial charge in [0.25, 0.3) is 0 Å². The van der Waals surface area contributed by atoms with E-state index in [0.717, 1.165) is 10.6 Å². The molecule has 0 fully saturated rings. The summed E-state index contributed by atoms with van der Waals surface area (Å²) in [5, 5.41) is 0. The topological polar surface area (TPSA) is 63.4 Å². The second-order valence-corrected chi connectivity index (χ2v) is 6.55.